The molecule has 39 heavy (non-hydrogen) atoms. The fraction of sp³-hybridized carbons (Fsp3) is 0.267. The van der Waals surface area contributed by atoms with Gasteiger partial charge in [-0.1, -0.05) is 42.5 Å². The average Bonchev–Trinajstić information content (AvgIpc) is 3.07. The largest absolute Gasteiger partial charge is 0.497 e. The van der Waals surface area contributed by atoms with E-state index in [1.54, 1.807) is 56.5 Å². The first-order valence-corrected chi connectivity index (χ1v) is 12.6. The number of rotatable bonds is 5. The van der Waals surface area contributed by atoms with Gasteiger partial charge >= 0.3 is 12.1 Å². The minimum atomic E-state index is -5.18. The highest BCUT2D eigenvalue weighted by atomic mass is 19.4. The van der Waals surface area contributed by atoms with Crippen LogP contribution >= 0.6 is 0 Å². The molecule has 3 aromatic carbocycles. The zero-order chi connectivity index (χ0) is 27.7. The van der Waals surface area contributed by atoms with Gasteiger partial charge in [-0.05, 0) is 55.2 Å². The Balaban J connectivity index is 1.73. The Morgan fingerprint density at radius 1 is 1.00 bits per heavy atom. The normalized spacial score (nSPS) is 19.0. The molecule has 1 aliphatic carbocycles. The molecular formula is C30H27F3N2O4. The number of Topliss-reactive ketones (excluding diaryl/α,β-unsaturated/α-hetero) is 1. The Morgan fingerprint density at radius 3 is 2.38 bits per heavy atom. The number of ketones is 1. The molecule has 0 bridgehead atoms. The second kappa shape index (κ2) is 10.5. The molecule has 0 saturated carbocycles. The third-order valence-corrected chi connectivity index (χ3v) is 7.05. The zero-order valence-corrected chi connectivity index (χ0v) is 21.4. The minimum Gasteiger partial charge on any atom is -0.497 e. The Hall–Kier alpha value is -4.27. The molecule has 1 aliphatic heterocycles. The predicted octanol–water partition coefficient (Wildman–Crippen LogP) is 6.56. The minimum absolute atomic E-state index is 0.0272. The van der Waals surface area contributed by atoms with E-state index in [-0.39, 0.29) is 36.0 Å². The molecule has 2 atom stereocenters. The number of para-hydroxylation sites is 3. The van der Waals surface area contributed by atoms with Gasteiger partial charge < -0.3 is 14.8 Å². The number of ether oxygens (including phenoxy) is 2. The lowest BCUT2D eigenvalue weighted by Gasteiger charge is -2.36. The summed E-state index contributed by atoms with van der Waals surface area (Å²) in [6.45, 7) is 2.01. The highest BCUT2D eigenvalue weighted by molar-refractivity contribution is 6.08. The van der Waals surface area contributed by atoms with E-state index in [0.29, 0.717) is 39.8 Å². The number of alkyl halides is 3. The maximum Gasteiger partial charge on any atom is 0.471 e. The van der Waals surface area contributed by atoms with Crippen LogP contribution in [-0.2, 0) is 9.59 Å². The van der Waals surface area contributed by atoms with E-state index >= 15 is 0 Å². The quantitative estimate of drug-likeness (QED) is 0.400. The van der Waals surface area contributed by atoms with Crippen LogP contribution < -0.4 is 19.7 Å². The molecule has 9 heteroatoms. The molecule has 202 valence electrons. The molecule has 0 fully saturated rings. The second-order valence-electron chi connectivity index (χ2n) is 9.38. The third-order valence-electron chi connectivity index (χ3n) is 7.05. The molecule has 5 rings (SSSR count). The molecule has 6 nitrogen and oxygen atoms in total. The van der Waals surface area contributed by atoms with E-state index < -0.39 is 18.1 Å². The first-order chi connectivity index (χ1) is 18.7. The predicted molar refractivity (Wildman–Crippen MR) is 141 cm³/mol. The highest BCUT2D eigenvalue weighted by Gasteiger charge is 2.50. The SMILES string of the molecule is CCOc1ccccc1C1C2=C(CC(c3ccc(OC)cc3)CC2=O)Nc2ccccc2N1C(=O)C(F)(F)F. The number of anilines is 2. The molecular weight excluding hydrogens is 509 g/mol. The van der Waals surface area contributed by atoms with Gasteiger partial charge in [-0.15, -0.1) is 0 Å². The lowest BCUT2D eigenvalue weighted by atomic mass is 9.78. The van der Waals surface area contributed by atoms with Crippen LogP contribution in [0.25, 0.3) is 0 Å². The van der Waals surface area contributed by atoms with Crippen molar-refractivity contribution in [2.75, 3.05) is 23.9 Å². The first-order valence-electron chi connectivity index (χ1n) is 12.6. The van der Waals surface area contributed by atoms with Crippen molar-refractivity contribution in [3.05, 3.63) is 95.2 Å². The maximum atomic E-state index is 14.1. The van der Waals surface area contributed by atoms with Gasteiger partial charge in [0.1, 0.15) is 11.5 Å². The maximum absolute atomic E-state index is 14.1. The number of hydrogen-bond acceptors (Lipinski definition) is 5. The van der Waals surface area contributed by atoms with Crippen molar-refractivity contribution >= 4 is 23.1 Å². The fourth-order valence-corrected chi connectivity index (χ4v) is 5.35. The topological polar surface area (TPSA) is 67.9 Å². The number of allylic oxidation sites excluding steroid dienone is 1. The van der Waals surface area contributed by atoms with Crippen LogP contribution in [0.15, 0.2) is 84.1 Å². The summed E-state index contributed by atoms with van der Waals surface area (Å²) in [5.74, 6) is -1.63. The first kappa shape index (κ1) is 26.3. The number of nitrogens with one attached hydrogen (secondary N) is 1. The van der Waals surface area contributed by atoms with Crippen molar-refractivity contribution in [3.8, 4) is 11.5 Å². The summed E-state index contributed by atoms with van der Waals surface area (Å²) in [6.07, 6.45) is -4.74. The van der Waals surface area contributed by atoms with Gasteiger partial charge in [0.15, 0.2) is 5.78 Å². The number of amides is 1. The van der Waals surface area contributed by atoms with E-state index in [4.69, 9.17) is 9.47 Å². The van der Waals surface area contributed by atoms with Crippen molar-refractivity contribution in [1.82, 2.24) is 0 Å². The number of methoxy groups -OCH3 is 1. The van der Waals surface area contributed by atoms with Crippen molar-refractivity contribution in [2.45, 2.75) is 37.9 Å². The summed E-state index contributed by atoms with van der Waals surface area (Å²) in [6, 6.07) is 18.9. The van der Waals surface area contributed by atoms with Gasteiger partial charge in [0.2, 0.25) is 0 Å². The van der Waals surface area contributed by atoms with Crippen LogP contribution in [0.5, 0.6) is 11.5 Å². The Labute approximate surface area is 224 Å². The highest BCUT2D eigenvalue weighted by Crippen LogP contribution is 2.50. The third kappa shape index (κ3) is 4.96. The van der Waals surface area contributed by atoms with Gasteiger partial charge in [-0.25, -0.2) is 0 Å². The summed E-state index contributed by atoms with van der Waals surface area (Å²) < 4.78 is 53.4. The summed E-state index contributed by atoms with van der Waals surface area (Å²) >= 11 is 0. The standard InChI is InChI=1S/C30H27F3N2O4/c1-3-39-26-11-7-4-8-21(26)28-27-23(16-19(17-25(27)36)18-12-14-20(38-2)15-13-18)34-22-9-5-6-10-24(22)35(28)29(37)30(31,32)33/h4-15,19,28,34H,3,16-17H2,1-2H3. The lowest BCUT2D eigenvalue weighted by Crippen LogP contribution is -2.45. The zero-order valence-electron chi connectivity index (χ0n) is 21.4. The molecule has 2 unspecified atom stereocenters. The van der Waals surface area contributed by atoms with E-state index in [2.05, 4.69) is 5.32 Å². The number of carbonyl (C=O) groups excluding carboxylic acids is 2. The van der Waals surface area contributed by atoms with Crippen molar-refractivity contribution in [3.63, 3.8) is 0 Å². The lowest BCUT2D eigenvalue weighted by molar-refractivity contribution is -0.170. The number of halogens is 3. The van der Waals surface area contributed by atoms with Gasteiger partial charge in [-0.3, -0.25) is 14.5 Å². The Bertz CT molecular complexity index is 1430. The molecule has 3 aromatic rings. The fourth-order valence-electron chi connectivity index (χ4n) is 5.35. The van der Waals surface area contributed by atoms with E-state index in [1.807, 2.05) is 24.3 Å². The van der Waals surface area contributed by atoms with Crippen LogP contribution in [0.3, 0.4) is 0 Å². The van der Waals surface area contributed by atoms with Crippen molar-refractivity contribution in [1.29, 1.82) is 0 Å². The smallest absolute Gasteiger partial charge is 0.471 e. The van der Waals surface area contributed by atoms with Crippen LogP contribution in [0.4, 0.5) is 24.5 Å². The Morgan fingerprint density at radius 2 is 1.69 bits per heavy atom. The van der Waals surface area contributed by atoms with Crippen LogP contribution in [0.1, 0.15) is 42.9 Å². The van der Waals surface area contributed by atoms with Crippen LogP contribution in [-0.4, -0.2) is 31.6 Å². The number of nitrogens with zero attached hydrogens (tertiary/aromatic N) is 1. The van der Waals surface area contributed by atoms with Crippen molar-refractivity contribution < 1.29 is 32.2 Å². The number of hydrogen-bond donors (Lipinski definition) is 1. The van der Waals surface area contributed by atoms with Gasteiger partial charge in [0.05, 0.1) is 31.1 Å². The Kier molecular flexibility index (Phi) is 7.08. The number of carbonyl (C=O) groups is 2. The summed E-state index contributed by atoms with van der Waals surface area (Å²) in [4.78, 5) is 27.7. The average molecular weight is 537 g/mol. The molecule has 1 N–H and O–H groups in total. The number of benzene rings is 3. The molecule has 1 heterocycles. The summed E-state index contributed by atoms with van der Waals surface area (Å²) in [5, 5.41) is 3.23. The van der Waals surface area contributed by atoms with Gasteiger partial charge in [-0.2, -0.15) is 13.2 Å². The molecule has 1 amide bonds. The molecule has 2 aliphatic rings. The van der Waals surface area contributed by atoms with Crippen LogP contribution in [0.2, 0.25) is 0 Å². The second-order valence-corrected chi connectivity index (χ2v) is 9.38. The molecule has 0 radical (unpaired) electrons. The molecule has 0 aromatic heterocycles. The van der Waals surface area contributed by atoms with E-state index in [0.717, 1.165) is 5.56 Å². The number of fused-ring (bicyclic) bond motifs is 1. The monoisotopic (exact) mass is 536 g/mol. The molecule has 0 saturated heterocycles. The summed E-state index contributed by atoms with van der Waals surface area (Å²) in [5.41, 5.74) is 2.15. The van der Waals surface area contributed by atoms with Crippen LogP contribution in [0, 0.1) is 0 Å². The van der Waals surface area contributed by atoms with Crippen molar-refractivity contribution in [2.24, 2.45) is 0 Å². The van der Waals surface area contributed by atoms with Gasteiger partial charge in [0, 0.05) is 23.3 Å². The molecule has 0 spiro atoms. The van der Waals surface area contributed by atoms with E-state index in [9.17, 15) is 22.8 Å². The summed E-state index contributed by atoms with van der Waals surface area (Å²) in [7, 11) is 1.57. The van der Waals surface area contributed by atoms with Gasteiger partial charge in [0.25, 0.3) is 0 Å². The van der Waals surface area contributed by atoms with E-state index in [1.165, 1.54) is 6.07 Å².